The zero-order chi connectivity index (χ0) is 40.5. The van der Waals surface area contributed by atoms with Crippen molar-refractivity contribution in [3.8, 4) is 0 Å². The summed E-state index contributed by atoms with van der Waals surface area (Å²) in [5.41, 5.74) is 4.53. The van der Waals surface area contributed by atoms with Crippen molar-refractivity contribution in [2.75, 3.05) is 35.2 Å². The van der Waals surface area contributed by atoms with Crippen LogP contribution in [0.25, 0.3) is 0 Å². The number of carboxylic acids is 2. The quantitative estimate of drug-likeness (QED) is 0.0940. The summed E-state index contributed by atoms with van der Waals surface area (Å²) in [5.74, 6) is -3.26. The fourth-order valence-electron chi connectivity index (χ4n) is 7.80. The van der Waals surface area contributed by atoms with Crippen LogP contribution in [0, 0.1) is 5.92 Å². The number of anilines is 3. The van der Waals surface area contributed by atoms with Crippen LogP contribution >= 0.6 is 0 Å². The summed E-state index contributed by atoms with van der Waals surface area (Å²) in [4.78, 5) is 52.5. The number of carbonyl (C=O) groups is 4. The van der Waals surface area contributed by atoms with Crippen molar-refractivity contribution in [1.29, 1.82) is 0 Å². The molecule has 0 aromatic heterocycles. The Balaban J connectivity index is 1.15. The largest absolute Gasteiger partial charge is 0.481 e. The number of sulfonamides is 1. The molecule has 4 aromatic rings. The molecule has 1 heterocycles. The Hall–Kier alpha value is -5.53. The lowest BCUT2D eigenvalue weighted by molar-refractivity contribution is -0.143. The van der Waals surface area contributed by atoms with Crippen LogP contribution in [-0.4, -0.2) is 72.4 Å². The average Bonchev–Trinajstić information content (AvgIpc) is 3.22. The molecule has 57 heavy (non-hydrogen) atoms. The first-order chi connectivity index (χ1) is 27.4. The van der Waals surface area contributed by atoms with Crippen molar-refractivity contribution in [1.82, 2.24) is 4.31 Å². The van der Waals surface area contributed by atoms with E-state index < -0.39 is 39.7 Å². The van der Waals surface area contributed by atoms with Gasteiger partial charge < -0.3 is 25.7 Å². The van der Waals surface area contributed by atoms with Gasteiger partial charge >= 0.3 is 11.9 Å². The summed E-state index contributed by atoms with van der Waals surface area (Å²) in [6.45, 7) is 3.68. The van der Waals surface area contributed by atoms with Crippen molar-refractivity contribution < 1.29 is 37.8 Å². The molecule has 1 saturated carbocycles. The van der Waals surface area contributed by atoms with Gasteiger partial charge in [0, 0.05) is 42.6 Å². The molecule has 6 rings (SSSR count). The summed E-state index contributed by atoms with van der Waals surface area (Å²) in [6, 6.07) is 25.4. The summed E-state index contributed by atoms with van der Waals surface area (Å²) in [6.07, 6.45) is 7.40. The summed E-state index contributed by atoms with van der Waals surface area (Å²) < 4.78 is 29.2. The number of hydrogen-bond acceptors (Lipinski definition) is 7. The van der Waals surface area contributed by atoms with E-state index in [1.807, 2.05) is 42.5 Å². The third-order valence-corrected chi connectivity index (χ3v) is 13.1. The minimum Gasteiger partial charge on any atom is -0.481 e. The Morgan fingerprint density at radius 2 is 1.39 bits per heavy atom. The van der Waals surface area contributed by atoms with E-state index in [1.54, 1.807) is 31.2 Å². The Kier molecular flexibility index (Phi) is 13.4. The number of nitrogens with one attached hydrogen (secondary N) is 2. The molecule has 2 amide bonds. The number of piperidine rings is 1. The molecule has 2 fully saturated rings. The molecule has 1 saturated heterocycles. The minimum absolute atomic E-state index is 0.0337. The maximum atomic E-state index is 13.9. The van der Waals surface area contributed by atoms with E-state index in [0.29, 0.717) is 31.4 Å². The second kappa shape index (κ2) is 18.6. The number of aromatic carboxylic acids is 1. The van der Waals surface area contributed by atoms with E-state index in [4.69, 9.17) is 5.11 Å². The third kappa shape index (κ3) is 10.3. The fourth-order valence-corrected chi connectivity index (χ4v) is 9.54. The molecule has 0 radical (unpaired) electrons. The van der Waals surface area contributed by atoms with Crippen LogP contribution in [-0.2, 0) is 27.7 Å². The number of rotatable bonds is 15. The third-order valence-electron chi connectivity index (χ3n) is 11.0. The van der Waals surface area contributed by atoms with Crippen LogP contribution in [0.1, 0.15) is 100 Å². The number of aliphatic carboxylic acids is 1. The molecule has 0 atom stereocenters. The van der Waals surface area contributed by atoms with E-state index in [0.717, 1.165) is 68.4 Å². The van der Waals surface area contributed by atoms with Crippen LogP contribution in [0.15, 0.2) is 95.9 Å². The van der Waals surface area contributed by atoms with Gasteiger partial charge in [-0.25, -0.2) is 13.2 Å². The lowest BCUT2D eigenvalue weighted by Gasteiger charge is -2.34. The normalized spacial score (nSPS) is 17.2. The predicted octanol–water partition coefficient (Wildman–Crippen LogP) is 7.71. The number of hydrogen-bond donors (Lipinski definition) is 4. The maximum Gasteiger partial charge on any atom is 0.335 e. The average molecular weight is 795 g/mol. The predicted molar refractivity (Wildman–Crippen MR) is 220 cm³/mol. The molecule has 4 aromatic carbocycles. The number of aryl methyl sites for hydroxylation is 2. The molecule has 2 aliphatic rings. The standard InChI is InChI=1S/C44H50N4O8S/c1-2-48(36-22-18-33(19-23-36)44(53)54)57(55,56)38-11-7-10-34(28-38)41(49)46-40-25-24-37(47-26-4-3-5-27-47)29-39(40)42(50)45-35-20-14-31(15-21-35)9-6-8-30-12-16-32(17-13-30)43(51)52/h7,10-17,20-21,24-25,28-29,33,36H,2-6,8-9,18-19,22-23,26-27H2,1H3,(H,45,50)(H,46,49)(H,51,52)(H,53,54). The van der Waals surface area contributed by atoms with Gasteiger partial charge in [0.2, 0.25) is 10.0 Å². The molecule has 4 N–H and O–H groups in total. The SMILES string of the molecule is CCN(C1CCC(C(=O)O)CC1)S(=O)(=O)c1cccc(C(=O)Nc2ccc(N3CCCCC3)cc2C(=O)Nc2ccc(CCCc3ccc(C(=O)O)cc3)cc2)c1. The highest BCUT2D eigenvalue weighted by molar-refractivity contribution is 7.89. The Morgan fingerprint density at radius 3 is 2.00 bits per heavy atom. The van der Waals surface area contributed by atoms with E-state index in [1.165, 1.54) is 28.6 Å². The fraction of sp³-hybridized carbons (Fsp3) is 0.364. The molecule has 0 unspecified atom stereocenters. The topological polar surface area (TPSA) is 173 Å². The number of carboxylic acid groups (broad SMARTS) is 2. The number of nitrogens with zero attached hydrogens (tertiary/aromatic N) is 2. The summed E-state index contributed by atoms with van der Waals surface area (Å²) in [7, 11) is -4.00. The first-order valence-electron chi connectivity index (χ1n) is 19.7. The number of amides is 2. The highest BCUT2D eigenvalue weighted by Gasteiger charge is 2.35. The van der Waals surface area contributed by atoms with Gasteiger partial charge in [-0.3, -0.25) is 14.4 Å². The van der Waals surface area contributed by atoms with Gasteiger partial charge in [0.15, 0.2) is 0 Å². The van der Waals surface area contributed by atoms with Gasteiger partial charge in [-0.2, -0.15) is 4.31 Å². The van der Waals surface area contributed by atoms with Gasteiger partial charge in [0.1, 0.15) is 0 Å². The monoisotopic (exact) mass is 794 g/mol. The second-order valence-corrected chi connectivity index (χ2v) is 16.7. The van der Waals surface area contributed by atoms with Gasteiger partial charge in [0.25, 0.3) is 11.8 Å². The van der Waals surface area contributed by atoms with Gasteiger partial charge in [-0.1, -0.05) is 37.3 Å². The first kappa shape index (κ1) is 41.1. The lowest BCUT2D eigenvalue weighted by atomic mass is 9.86. The van der Waals surface area contributed by atoms with E-state index in [9.17, 15) is 32.7 Å². The Labute approximate surface area is 334 Å². The number of benzene rings is 4. The van der Waals surface area contributed by atoms with Crippen molar-refractivity contribution >= 4 is 50.8 Å². The van der Waals surface area contributed by atoms with Crippen molar-refractivity contribution in [2.45, 2.75) is 82.1 Å². The van der Waals surface area contributed by atoms with Crippen molar-refractivity contribution in [2.24, 2.45) is 5.92 Å². The van der Waals surface area contributed by atoms with Crippen LogP contribution in [0.2, 0.25) is 0 Å². The van der Waals surface area contributed by atoms with Gasteiger partial charge in [0.05, 0.1) is 27.6 Å². The van der Waals surface area contributed by atoms with Crippen LogP contribution in [0.5, 0.6) is 0 Å². The molecule has 1 aliphatic carbocycles. The maximum absolute atomic E-state index is 13.9. The Morgan fingerprint density at radius 1 is 0.737 bits per heavy atom. The molecule has 0 bridgehead atoms. The zero-order valence-corrected chi connectivity index (χ0v) is 33.0. The Bertz CT molecular complexity index is 2180. The van der Waals surface area contributed by atoms with Gasteiger partial charge in [-0.15, -0.1) is 0 Å². The molecule has 12 nitrogen and oxygen atoms in total. The minimum atomic E-state index is -4.00. The highest BCUT2D eigenvalue weighted by Crippen LogP contribution is 2.32. The molecule has 1 aliphatic heterocycles. The zero-order valence-electron chi connectivity index (χ0n) is 32.2. The lowest BCUT2D eigenvalue weighted by Crippen LogP contribution is -2.42. The van der Waals surface area contributed by atoms with E-state index in [2.05, 4.69) is 15.5 Å². The first-order valence-corrected chi connectivity index (χ1v) is 21.1. The number of carbonyl (C=O) groups excluding carboxylic acids is 2. The van der Waals surface area contributed by atoms with Crippen LogP contribution in [0.3, 0.4) is 0 Å². The van der Waals surface area contributed by atoms with Crippen molar-refractivity contribution in [3.05, 3.63) is 119 Å². The second-order valence-electron chi connectivity index (χ2n) is 14.8. The summed E-state index contributed by atoms with van der Waals surface area (Å²) in [5, 5.41) is 24.4. The van der Waals surface area contributed by atoms with E-state index in [-0.39, 0.29) is 39.9 Å². The van der Waals surface area contributed by atoms with Crippen LogP contribution < -0.4 is 15.5 Å². The highest BCUT2D eigenvalue weighted by atomic mass is 32.2. The van der Waals surface area contributed by atoms with E-state index >= 15 is 0 Å². The molecular formula is C44H50N4O8S. The smallest absolute Gasteiger partial charge is 0.335 e. The van der Waals surface area contributed by atoms with Crippen molar-refractivity contribution in [3.63, 3.8) is 0 Å². The van der Waals surface area contributed by atoms with Crippen LogP contribution in [0.4, 0.5) is 17.1 Å². The summed E-state index contributed by atoms with van der Waals surface area (Å²) >= 11 is 0. The molecule has 300 valence electrons. The molecule has 0 spiro atoms. The molecule has 13 heteroatoms. The van der Waals surface area contributed by atoms with Gasteiger partial charge in [-0.05, 0) is 136 Å². The molecular weight excluding hydrogens is 745 g/mol.